The normalized spacial score (nSPS) is 18.4. The molecule has 0 spiro atoms. The number of likely N-dealkylation sites (tertiary alicyclic amines) is 1. The van der Waals surface area contributed by atoms with Crippen LogP contribution in [0.4, 0.5) is 0 Å². The molecule has 2 aromatic rings. The van der Waals surface area contributed by atoms with Gasteiger partial charge in [-0.1, -0.05) is 12.1 Å². The fourth-order valence-electron chi connectivity index (χ4n) is 3.42. The molecule has 1 atom stereocenters. The van der Waals surface area contributed by atoms with E-state index in [1.54, 1.807) is 30.5 Å². The van der Waals surface area contributed by atoms with Gasteiger partial charge in [0.15, 0.2) is 0 Å². The van der Waals surface area contributed by atoms with E-state index in [0.717, 1.165) is 29.9 Å². The van der Waals surface area contributed by atoms with Crippen LogP contribution in [0.2, 0.25) is 0 Å². The van der Waals surface area contributed by atoms with Crippen molar-refractivity contribution in [2.45, 2.75) is 39.2 Å². The summed E-state index contributed by atoms with van der Waals surface area (Å²) in [6.45, 7) is 6.85. The quantitative estimate of drug-likeness (QED) is 0.903. The first-order chi connectivity index (χ1) is 12.0. The molecule has 1 fully saturated rings. The summed E-state index contributed by atoms with van der Waals surface area (Å²) in [6, 6.07) is 7.33. The molecule has 25 heavy (non-hydrogen) atoms. The lowest BCUT2D eigenvalue weighted by molar-refractivity contribution is 0.0697. The first kappa shape index (κ1) is 17.5. The summed E-state index contributed by atoms with van der Waals surface area (Å²) >= 11 is 0. The van der Waals surface area contributed by atoms with Crippen LogP contribution >= 0.6 is 0 Å². The SMILES string of the molecule is CC(C)N1CCCC(Cc2cnc(-c3ccc(C(=O)O)cc3)cn2)C1. The zero-order valence-electron chi connectivity index (χ0n) is 14.9. The first-order valence-electron chi connectivity index (χ1n) is 8.91. The van der Waals surface area contributed by atoms with E-state index in [-0.39, 0.29) is 5.56 Å². The van der Waals surface area contributed by atoms with Crippen LogP contribution in [0.3, 0.4) is 0 Å². The Balaban J connectivity index is 1.65. The highest BCUT2D eigenvalue weighted by Crippen LogP contribution is 2.22. The molecule has 0 amide bonds. The van der Waals surface area contributed by atoms with Crippen molar-refractivity contribution in [2.75, 3.05) is 13.1 Å². The molecule has 132 valence electrons. The van der Waals surface area contributed by atoms with Gasteiger partial charge in [-0.2, -0.15) is 0 Å². The van der Waals surface area contributed by atoms with E-state index >= 15 is 0 Å². The molecule has 0 saturated carbocycles. The lowest BCUT2D eigenvalue weighted by Crippen LogP contribution is -2.40. The van der Waals surface area contributed by atoms with Crippen LogP contribution in [-0.4, -0.2) is 45.1 Å². The van der Waals surface area contributed by atoms with Gasteiger partial charge in [0.2, 0.25) is 0 Å². The van der Waals surface area contributed by atoms with Crippen molar-refractivity contribution in [3.8, 4) is 11.3 Å². The molecule has 1 unspecified atom stereocenters. The van der Waals surface area contributed by atoms with Crippen molar-refractivity contribution in [1.29, 1.82) is 0 Å². The van der Waals surface area contributed by atoms with Crippen LogP contribution in [0.5, 0.6) is 0 Å². The second-order valence-corrected chi connectivity index (χ2v) is 7.08. The van der Waals surface area contributed by atoms with Crippen LogP contribution in [0.1, 0.15) is 42.7 Å². The van der Waals surface area contributed by atoms with E-state index in [9.17, 15) is 4.79 Å². The maximum atomic E-state index is 10.9. The molecule has 1 aliphatic heterocycles. The van der Waals surface area contributed by atoms with Gasteiger partial charge < -0.3 is 10.0 Å². The van der Waals surface area contributed by atoms with Gasteiger partial charge in [-0.15, -0.1) is 0 Å². The lowest BCUT2D eigenvalue weighted by Gasteiger charge is -2.35. The highest BCUT2D eigenvalue weighted by atomic mass is 16.4. The molecular formula is C20H25N3O2. The third-order valence-corrected chi connectivity index (χ3v) is 4.91. The third kappa shape index (κ3) is 4.42. The standard InChI is InChI=1S/C20H25N3O2/c1-14(2)23-9-3-4-15(13-23)10-18-11-22-19(12-21-18)16-5-7-17(8-6-16)20(24)25/h5-8,11-12,14-15H,3-4,9-10,13H2,1-2H3,(H,24,25). The Morgan fingerprint density at radius 2 is 2.00 bits per heavy atom. The van der Waals surface area contributed by atoms with E-state index in [4.69, 9.17) is 5.11 Å². The zero-order valence-corrected chi connectivity index (χ0v) is 14.9. The minimum Gasteiger partial charge on any atom is -0.478 e. The summed E-state index contributed by atoms with van der Waals surface area (Å²) in [5, 5.41) is 8.96. The van der Waals surface area contributed by atoms with Crippen LogP contribution in [0, 0.1) is 5.92 Å². The highest BCUT2D eigenvalue weighted by Gasteiger charge is 2.22. The van der Waals surface area contributed by atoms with Gasteiger partial charge >= 0.3 is 5.97 Å². The molecule has 0 aliphatic carbocycles. The molecule has 0 bridgehead atoms. The predicted octanol–water partition coefficient (Wildman–Crippen LogP) is 3.50. The highest BCUT2D eigenvalue weighted by molar-refractivity contribution is 5.88. The van der Waals surface area contributed by atoms with Gasteiger partial charge in [-0.3, -0.25) is 9.97 Å². The minimum absolute atomic E-state index is 0.278. The number of rotatable bonds is 5. The smallest absolute Gasteiger partial charge is 0.335 e. The third-order valence-electron chi connectivity index (χ3n) is 4.91. The van der Waals surface area contributed by atoms with Crippen molar-refractivity contribution >= 4 is 5.97 Å². The van der Waals surface area contributed by atoms with Gasteiger partial charge in [0.25, 0.3) is 0 Å². The van der Waals surface area contributed by atoms with Crippen LogP contribution < -0.4 is 0 Å². The topological polar surface area (TPSA) is 66.3 Å². The molecule has 1 aromatic carbocycles. The minimum atomic E-state index is -0.920. The molecule has 5 nitrogen and oxygen atoms in total. The Morgan fingerprint density at radius 1 is 1.24 bits per heavy atom. The summed E-state index contributed by atoms with van der Waals surface area (Å²) in [4.78, 5) is 22.6. The Hall–Kier alpha value is -2.27. The molecule has 1 aromatic heterocycles. The molecule has 0 radical (unpaired) electrons. The van der Waals surface area contributed by atoms with Crippen molar-refractivity contribution in [1.82, 2.24) is 14.9 Å². The average Bonchev–Trinajstić information content (AvgIpc) is 2.63. The number of carbonyl (C=O) groups is 1. The van der Waals surface area contributed by atoms with Crippen molar-refractivity contribution < 1.29 is 9.90 Å². The molecule has 3 rings (SSSR count). The summed E-state index contributed by atoms with van der Waals surface area (Å²) < 4.78 is 0. The Kier molecular flexibility index (Phi) is 5.43. The van der Waals surface area contributed by atoms with E-state index in [1.165, 1.54) is 19.4 Å². The fraction of sp³-hybridized carbons (Fsp3) is 0.450. The number of benzene rings is 1. The Bertz CT molecular complexity index is 711. The predicted molar refractivity (Wildman–Crippen MR) is 97.6 cm³/mol. The van der Waals surface area contributed by atoms with Crippen molar-refractivity contribution in [3.63, 3.8) is 0 Å². The van der Waals surface area contributed by atoms with Crippen LogP contribution in [-0.2, 0) is 6.42 Å². The van der Waals surface area contributed by atoms with Crippen LogP contribution in [0.25, 0.3) is 11.3 Å². The maximum absolute atomic E-state index is 10.9. The molecule has 5 heteroatoms. The van der Waals surface area contributed by atoms with E-state index in [0.29, 0.717) is 12.0 Å². The van der Waals surface area contributed by atoms with E-state index < -0.39 is 5.97 Å². The lowest BCUT2D eigenvalue weighted by atomic mass is 9.93. The average molecular weight is 339 g/mol. The first-order valence-corrected chi connectivity index (χ1v) is 8.91. The largest absolute Gasteiger partial charge is 0.478 e. The number of nitrogens with zero attached hydrogens (tertiary/aromatic N) is 3. The fourth-order valence-corrected chi connectivity index (χ4v) is 3.42. The van der Waals surface area contributed by atoms with Gasteiger partial charge in [0.1, 0.15) is 0 Å². The van der Waals surface area contributed by atoms with Crippen molar-refractivity contribution in [2.24, 2.45) is 5.92 Å². The van der Waals surface area contributed by atoms with Crippen LogP contribution in [0.15, 0.2) is 36.7 Å². The Labute approximate surface area is 148 Å². The number of carboxylic acid groups (broad SMARTS) is 1. The zero-order chi connectivity index (χ0) is 17.8. The van der Waals surface area contributed by atoms with Gasteiger partial charge in [-0.05, 0) is 57.7 Å². The summed E-state index contributed by atoms with van der Waals surface area (Å²) in [6.07, 6.45) is 7.12. The number of carboxylic acids is 1. The number of piperidine rings is 1. The maximum Gasteiger partial charge on any atom is 0.335 e. The summed E-state index contributed by atoms with van der Waals surface area (Å²) in [5.41, 5.74) is 2.96. The second kappa shape index (κ2) is 7.74. The number of hydrogen-bond donors (Lipinski definition) is 1. The molecule has 1 aliphatic rings. The molecule has 1 saturated heterocycles. The second-order valence-electron chi connectivity index (χ2n) is 7.08. The monoisotopic (exact) mass is 339 g/mol. The molecule has 2 heterocycles. The van der Waals surface area contributed by atoms with Crippen molar-refractivity contribution in [3.05, 3.63) is 47.9 Å². The Morgan fingerprint density at radius 3 is 2.60 bits per heavy atom. The number of hydrogen-bond acceptors (Lipinski definition) is 4. The summed E-state index contributed by atoms with van der Waals surface area (Å²) in [5.74, 6) is -0.276. The summed E-state index contributed by atoms with van der Waals surface area (Å²) in [7, 11) is 0. The van der Waals surface area contributed by atoms with Gasteiger partial charge in [0.05, 0.1) is 23.1 Å². The number of aromatic nitrogens is 2. The molecular weight excluding hydrogens is 314 g/mol. The molecule has 1 N–H and O–H groups in total. The van der Waals surface area contributed by atoms with E-state index in [2.05, 4.69) is 28.7 Å². The number of aromatic carboxylic acids is 1. The van der Waals surface area contributed by atoms with Gasteiger partial charge in [-0.25, -0.2) is 4.79 Å². The van der Waals surface area contributed by atoms with E-state index in [1.807, 2.05) is 6.20 Å². The van der Waals surface area contributed by atoms with Gasteiger partial charge in [0, 0.05) is 24.3 Å².